The van der Waals surface area contributed by atoms with Crippen LogP contribution in [-0.4, -0.2) is 17.8 Å². The van der Waals surface area contributed by atoms with Gasteiger partial charge in [-0.3, -0.25) is 4.79 Å². The Morgan fingerprint density at radius 2 is 2.00 bits per heavy atom. The number of hydrogen-bond donors (Lipinski definition) is 1. The van der Waals surface area contributed by atoms with Crippen molar-refractivity contribution in [3.63, 3.8) is 0 Å². The van der Waals surface area contributed by atoms with E-state index in [9.17, 15) is 9.18 Å². The Bertz CT molecular complexity index is 401. The molecule has 1 aromatic rings. The van der Waals surface area contributed by atoms with Gasteiger partial charge in [0, 0.05) is 11.9 Å². The number of carbonyl (C=O) groups excluding carboxylic acids is 1. The zero-order valence-electron chi connectivity index (χ0n) is 10.0. The molecule has 5 heteroatoms. The standard InChI is InChI=1S/C13H16BrClFNO/c14-7-3-1-2-4-8-17-13(18)11-6-5-10(16)9-12(11)15/h5-6,9H,1-4,7-8H2,(H,17,18). The van der Waals surface area contributed by atoms with E-state index < -0.39 is 5.82 Å². The molecule has 0 aliphatic rings. The third-order valence-corrected chi connectivity index (χ3v) is 3.40. The highest BCUT2D eigenvalue weighted by atomic mass is 79.9. The summed E-state index contributed by atoms with van der Waals surface area (Å²) in [4.78, 5) is 11.7. The highest BCUT2D eigenvalue weighted by molar-refractivity contribution is 9.09. The van der Waals surface area contributed by atoms with Crippen LogP contribution < -0.4 is 5.32 Å². The van der Waals surface area contributed by atoms with Crippen LogP contribution in [-0.2, 0) is 0 Å². The van der Waals surface area contributed by atoms with Crippen LogP contribution in [0.25, 0.3) is 0 Å². The number of unbranched alkanes of at least 4 members (excludes halogenated alkanes) is 3. The Kier molecular flexibility index (Phi) is 7.28. The molecule has 0 aliphatic carbocycles. The molecule has 0 radical (unpaired) electrons. The van der Waals surface area contributed by atoms with E-state index in [1.54, 1.807) is 0 Å². The molecule has 0 atom stereocenters. The Morgan fingerprint density at radius 1 is 1.28 bits per heavy atom. The van der Waals surface area contributed by atoms with E-state index in [-0.39, 0.29) is 10.9 Å². The summed E-state index contributed by atoms with van der Waals surface area (Å²) >= 11 is 9.17. The summed E-state index contributed by atoms with van der Waals surface area (Å²) in [6.07, 6.45) is 4.33. The fourth-order valence-electron chi connectivity index (χ4n) is 1.54. The van der Waals surface area contributed by atoms with Gasteiger partial charge in [-0.2, -0.15) is 0 Å². The highest BCUT2D eigenvalue weighted by Gasteiger charge is 2.09. The smallest absolute Gasteiger partial charge is 0.252 e. The van der Waals surface area contributed by atoms with Crippen LogP contribution in [0.3, 0.4) is 0 Å². The fourth-order valence-corrected chi connectivity index (χ4v) is 2.19. The number of halogens is 3. The third kappa shape index (κ3) is 5.36. The average molecular weight is 337 g/mol. The van der Waals surface area contributed by atoms with E-state index in [0.29, 0.717) is 12.1 Å². The lowest BCUT2D eigenvalue weighted by Crippen LogP contribution is -2.24. The monoisotopic (exact) mass is 335 g/mol. The van der Waals surface area contributed by atoms with Crippen LogP contribution in [0.5, 0.6) is 0 Å². The molecule has 1 amide bonds. The normalized spacial score (nSPS) is 10.4. The zero-order valence-corrected chi connectivity index (χ0v) is 12.4. The number of rotatable bonds is 7. The van der Waals surface area contributed by atoms with Crippen molar-refractivity contribution in [3.8, 4) is 0 Å². The summed E-state index contributed by atoms with van der Waals surface area (Å²) < 4.78 is 12.8. The molecule has 100 valence electrons. The molecule has 0 unspecified atom stereocenters. The van der Waals surface area contributed by atoms with E-state index >= 15 is 0 Å². The molecule has 0 bridgehead atoms. The van der Waals surface area contributed by atoms with Crippen LogP contribution in [0.2, 0.25) is 5.02 Å². The van der Waals surface area contributed by atoms with Gasteiger partial charge < -0.3 is 5.32 Å². The van der Waals surface area contributed by atoms with E-state index in [2.05, 4.69) is 21.2 Å². The number of hydrogen-bond acceptors (Lipinski definition) is 1. The van der Waals surface area contributed by atoms with Crippen molar-refractivity contribution in [2.75, 3.05) is 11.9 Å². The van der Waals surface area contributed by atoms with Crippen molar-refractivity contribution in [1.82, 2.24) is 5.32 Å². The molecule has 0 aromatic heterocycles. The SMILES string of the molecule is O=C(NCCCCCCBr)c1ccc(F)cc1Cl. The summed E-state index contributed by atoms with van der Waals surface area (Å²) in [5.41, 5.74) is 0.318. The summed E-state index contributed by atoms with van der Waals surface area (Å²) in [6.45, 7) is 0.620. The summed E-state index contributed by atoms with van der Waals surface area (Å²) in [5, 5.41) is 3.94. The minimum Gasteiger partial charge on any atom is -0.352 e. The topological polar surface area (TPSA) is 29.1 Å². The van der Waals surface area contributed by atoms with Crippen LogP contribution in [0.1, 0.15) is 36.0 Å². The van der Waals surface area contributed by atoms with Gasteiger partial charge in [0.2, 0.25) is 0 Å². The second kappa shape index (κ2) is 8.48. The number of alkyl halides is 1. The van der Waals surface area contributed by atoms with Gasteiger partial charge in [-0.15, -0.1) is 0 Å². The lowest BCUT2D eigenvalue weighted by molar-refractivity contribution is 0.0953. The van der Waals surface area contributed by atoms with Gasteiger partial charge in [-0.05, 0) is 31.0 Å². The molecule has 1 N–H and O–H groups in total. The van der Waals surface area contributed by atoms with Crippen molar-refractivity contribution in [1.29, 1.82) is 0 Å². The minimum absolute atomic E-state index is 0.145. The quantitative estimate of drug-likeness (QED) is 0.588. The highest BCUT2D eigenvalue weighted by Crippen LogP contribution is 2.16. The second-order valence-electron chi connectivity index (χ2n) is 3.98. The van der Waals surface area contributed by atoms with Crippen molar-refractivity contribution >= 4 is 33.4 Å². The van der Waals surface area contributed by atoms with Crippen molar-refractivity contribution in [3.05, 3.63) is 34.6 Å². The fraction of sp³-hybridized carbons (Fsp3) is 0.462. The molecule has 18 heavy (non-hydrogen) atoms. The first-order chi connectivity index (χ1) is 8.65. The lowest BCUT2D eigenvalue weighted by atomic mass is 10.2. The zero-order chi connectivity index (χ0) is 13.4. The van der Waals surface area contributed by atoms with Gasteiger partial charge in [-0.1, -0.05) is 40.4 Å². The first kappa shape index (κ1) is 15.4. The molecular formula is C13H16BrClFNO. The third-order valence-electron chi connectivity index (χ3n) is 2.52. The van der Waals surface area contributed by atoms with E-state index in [4.69, 9.17) is 11.6 Å². The Hall–Kier alpha value is -0.610. The van der Waals surface area contributed by atoms with E-state index in [0.717, 1.165) is 37.1 Å². The van der Waals surface area contributed by atoms with Crippen molar-refractivity contribution < 1.29 is 9.18 Å². The number of benzene rings is 1. The van der Waals surface area contributed by atoms with Crippen LogP contribution in [0.15, 0.2) is 18.2 Å². The van der Waals surface area contributed by atoms with Crippen LogP contribution in [0.4, 0.5) is 4.39 Å². The molecule has 2 nitrogen and oxygen atoms in total. The summed E-state index contributed by atoms with van der Waals surface area (Å²) in [7, 11) is 0. The number of carbonyl (C=O) groups is 1. The largest absolute Gasteiger partial charge is 0.352 e. The summed E-state index contributed by atoms with van der Waals surface area (Å²) in [5.74, 6) is -0.688. The van der Waals surface area contributed by atoms with Gasteiger partial charge in [0.15, 0.2) is 0 Å². The Labute approximate surface area is 120 Å². The molecule has 1 aromatic carbocycles. The van der Waals surface area contributed by atoms with Gasteiger partial charge in [0.25, 0.3) is 5.91 Å². The first-order valence-corrected chi connectivity index (χ1v) is 7.44. The first-order valence-electron chi connectivity index (χ1n) is 5.94. The predicted molar refractivity (Wildman–Crippen MR) is 76.0 cm³/mol. The minimum atomic E-state index is -0.439. The maximum atomic E-state index is 12.8. The average Bonchev–Trinajstić information content (AvgIpc) is 2.33. The molecule has 0 heterocycles. The van der Waals surface area contributed by atoms with E-state index in [1.807, 2.05) is 0 Å². The molecule has 0 fully saturated rings. The van der Waals surface area contributed by atoms with Gasteiger partial charge >= 0.3 is 0 Å². The van der Waals surface area contributed by atoms with Crippen molar-refractivity contribution in [2.24, 2.45) is 0 Å². The van der Waals surface area contributed by atoms with Crippen LogP contribution in [0, 0.1) is 5.82 Å². The molecular weight excluding hydrogens is 321 g/mol. The lowest BCUT2D eigenvalue weighted by Gasteiger charge is -2.06. The van der Waals surface area contributed by atoms with Crippen LogP contribution >= 0.6 is 27.5 Å². The van der Waals surface area contributed by atoms with E-state index in [1.165, 1.54) is 12.1 Å². The molecule has 0 spiro atoms. The molecule has 0 aliphatic heterocycles. The molecule has 0 saturated carbocycles. The summed E-state index contributed by atoms with van der Waals surface area (Å²) in [6, 6.07) is 3.78. The predicted octanol–water partition coefficient (Wildman–Crippen LogP) is 4.16. The van der Waals surface area contributed by atoms with Gasteiger partial charge in [0.05, 0.1) is 10.6 Å². The Balaban J connectivity index is 2.32. The second-order valence-corrected chi connectivity index (χ2v) is 5.18. The number of amides is 1. The molecule has 1 rings (SSSR count). The maximum Gasteiger partial charge on any atom is 0.252 e. The van der Waals surface area contributed by atoms with Crippen molar-refractivity contribution in [2.45, 2.75) is 25.7 Å². The van der Waals surface area contributed by atoms with Gasteiger partial charge in [0.1, 0.15) is 5.82 Å². The Morgan fingerprint density at radius 3 is 2.67 bits per heavy atom. The number of nitrogens with one attached hydrogen (secondary N) is 1. The molecule has 0 saturated heterocycles. The van der Waals surface area contributed by atoms with Gasteiger partial charge in [-0.25, -0.2) is 4.39 Å². The maximum absolute atomic E-state index is 12.8.